The summed E-state index contributed by atoms with van der Waals surface area (Å²) < 4.78 is 5.33. The first-order valence-electron chi connectivity index (χ1n) is 7.14. The maximum atomic E-state index is 12.5. The molecule has 1 saturated heterocycles. The zero-order valence-corrected chi connectivity index (χ0v) is 14.4. The summed E-state index contributed by atoms with van der Waals surface area (Å²) >= 11 is 11.8. The second kappa shape index (κ2) is 6.47. The Morgan fingerprint density at radius 2 is 1.91 bits per heavy atom. The van der Waals surface area contributed by atoms with Gasteiger partial charge in [0.1, 0.15) is 5.60 Å². The summed E-state index contributed by atoms with van der Waals surface area (Å²) in [6.07, 6.45) is 0.246. The number of benzene rings is 1. The average molecular weight is 344 g/mol. The molecule has 0 bridgehead atoms. The van der Waals surface area contributed by atoms with Crippen LogP contribution in [-0.2, 0) is 4.74 Å². The third kappa shape index (κ3) is 4.14. The van der Waals surface area contributed by atoms with E-state index in [1.807, 2.05) is 20.8 Å². The molecular weight excluding hydrogens is 325 g/mol. The van der Waals surface area contributed by atoms with Gasteiger partial charge in [-0.2, -0.15) is 0 Å². The van der Waals surface area contributed by atoms with Crippen molar-refractivity contribution in [2.45, 2.75) is 32.8 Å². The molecule has 1 atom stereocenters. The maximum absolute atomic E-state index is 12.5. The predicted molar refractivity (Wildman–Crippen MR) is 86.7 cm³/mol. The largest absolute Gasteiger partial charge is 0.444 e. The van der Waals surface area contributed by atoms with Crippen molar-refractivity contribution >= 4 is 35.1 Å². The quantitative estimate of drug-likeness (QED) is 0.746. The molecule has 1 heterocycles. The number of carbonyl (C=O) groups is 2. The minimum absolute atomic E-state index is 0.0235. The highest BCUT2D eigenvalue weighted by Crippen LogP contribution is 2.27. The summed E-state index contributed by atoms with van der Waals surface area (Å²) in [5.41, 5.74) is -0.0199. The molecule has 0 aromatic heterocycles. The van der Waals surface area contributed by atoms with Crippen LogP contribution in [0.2, 0.25) is 10.0 Å². The van der Waals surface area contributed by atoms with E-state index in [1.165, 1.54) is 0 Å². The van der Waals surface area contributed by atoms with Crippen molar-refractivity contribution < 1.29 is 14.3 Å². The molecule has 0 N–H and O–H groups in total. The molecular formula is C16H19Cl2NO3. The van der Waals surface area contributed by atoms with Crippen LogP contribution in [0.3, 0.4) is 0 Å². The maximum Gasteiger partial charge on any atom is 0.410 e. The van der Waals surface area contributed by atoms with Crippen LogP contribution < -0.4 is 0 Å². The van der Waals surface area contributed by atoms with Gasteiger partial charge >= 0.3 is 6.09 Å². The Kier molecular flexibility index (Phi) is 5.03. The molecule has 0 radical (unpaired) electrons. The smallest absolute Gasteiger partial charge is 0.410 e. The van der Waals surface area contributed by atoms with Crippen molar-refractivity contribution in [1.82, 2.24) is 4.90 Å². The lowest BCUT2D eigenvalue weighted by Crippen LogP contribution is -2.35. The van der Waals surface area contributed by atoms with E-state index < -0.39 is 5.60 Å². The van der Waals surface area contributed by atoms with Crippen molar-refractivity contribution in [2.24, 2.45) is 5.92 Å². The van der Waals surface area contributed by atoms with Crippen LogP contribution in [-0.4, -0.2) is 35.5 Å². The van der Waals surface area contributed by atoms with E-state index >= 15 is 0 Å². The van der Waals surface area contributed by atoms with E-state index in [9.17, 15) is 9.59 Å². The molecule has 4 nitrogen and oxygen atoms in total. The number of halogens is 2. The number of hydrogen-bond donors (Lipinski definition) is 0. The lowest BCUT2D eigenvalue weighted by molar-refractivity contribution is 0.0289. The van der Waals surface area contributed by atoms with Gasteiger partial charge in [-0.1, -0.05) is 23.2 Å². The lowest BCUT2D eigenvalue weighted by atomic mass is 9.97. The molecule has 0 spiro atoms. The fraction of sp³-hybridized carbons (Fsp3) is 0.500. The Morgan fingerprint density at radius 1 is 1.23 bits per heavy atom. The molecule has 1 aromatic rings. The van der Waals surface area contributed by atoms with Crippen LogP contribution in [0.25, 0.3) is 0 Å². The van der Waals surface area contributed by atoms with E-state index in [0.29, 0.717) is 35.1 Å². The van der Waals surface area contributed by atoms with E-state index in [-0.39, 0.29) is 17.8 Å². The molecule has 6 heteroatoms. The van der Waals surface area contributed by atoms with E-state index in [2.05, 4.69) is 0 Å². The van der Waals surface area contributed by atoms with E-state index in [4.69, 9.17) is 27.9 Å². The SMILES string of the molecule is CC(C)(C)OC(=O)N1CC[C@H](C(=O)c2ccc(Cl)c(Cl)c2)C1. The van der Waals surface area contributed by atoms with E-state index in [1.54, 1.807) is 23.1 Å². The van der Waals surface area contributed by atoms with Crippen molar-refractivity contribution in [2.75, 3.05) is 13.1 Å². The van der Waals surface area contributed by atoms with E-state index in [0.717, 1.165) is 0 Å². The third-order valence-corrected chi connectivity index (χ3v) is 4.15. The molecule has 0 aliphatic carbocycles. The second-order valence-corrected chi connectivity index (χ2v) is 7.22. The van der Waals surface area contributed by atoms with Gasteiger partial charge in [0.25, 0.3) is 0 Å². The zero-order chi connectivity index (χ0) is 16.5. The van der Waals surface area contributed by atoms with Gasteiger partial charge < -0.3 is 9.64 Å². The number of ketones is 1. The molecule has 2 rings (SSSR count). The summed E-state index contributed by atoms with van der Waals surface area (Å²) in [6.45, 7) is 6.35. The fourth-order valence-corrected chi connectivity index (χ4v) is 2.65. The van der Waals surface area contributed by atoms with Crippen LogP contribution in [0.15, 0.2) is 18.2 Å². The van der Waals surface area contributed by atoms with Crippen molar-refractivity contribution in [3.05, 3.63) is 33.8 Å². The summed E-state index contributed by atoms with van der Waals surface area (Å²) in [5, 5.41) is 0.773. The Labute approximate surface area is 140 Å². The molecule has 1 aromatic carbocycles. The van der Waals surface area contributed by atoms with Crippen LogP contribution in [0.5, 0.6) is 0 Å². The number of likely N-dealkylation sites (tertiary alicyclic amines) is 1. The first kappa shape index (κ1) is 17.1. The lowest BCUT2D eigenvalue weighted by Gasteiger charge is -2.24. The van der Waals surface area contributed by atoms with Crippen LogP contribution in [0.1, 0.15) is 37.6 Å². The van der Waals surface area contributed by atoms with Crippen LogP contribution in [0.4, 0.5) is 4.79 Å². The number of amides is 1. The Balaban J connectivity index is 2.02. The van der Waals surface area contributed by atoms with Crippen molar-refractivity contribution in [3.8, 4) is 0 Å². The van der Waals surface area contributed by atoms with Gasteiger partial charge in [-0.3, -0.25) is 4.79 Å². The molecule has 1 aliphatic rings. The molecule has 1 aliphatic heterocycles. The van der Waals surface area contributed by atoms with Gasteiger partial charge in [-0.25, -0.2) is 4.79 Å². The van der Waals surface area contributed by atoms with Gasteiger partial charge in [-0.15, -0.1) is 0 Å². The minimum Gasteiger partial charge on any atom is -0.444 e. The third-order valence-electron chi connectivity index (χ3n) is 3.41. The highest BCUT2D eigenvalue weighted by Gasteiger charge is 2.33. The van der Waals surface area contributed by atoms with Gasteiger partial charge in [0.05, 0.1) is 10.0 Å². The second-order valence-electron chi connectivity index (χ2n) is 6.41. The molecule has 0 unspecified atom stereocenters. The van der Waals surface area contributed by atoms with Gasteiger partial charge in [0.2, 0.25) is 0 Å². The number of rotatable bonds is 2. The number of Topliss-reactive ketones (excluding diaryl/α,β-unsaturated/α-hetero) is 1. The molecule has 1 amide bonds. The standard InChI is InChI=1S/C16H19Cl2NO3/c1-16(2,3)22-15(21)19-7-6-11(9-19)14(20)10-4-5-12(17)13(18)8-10/h4-5,8,11H,6-7,9H2,1-3H3/t11-/m0/s1. The normalized spacial score (nSPS) is 18.4. The first-order valence-corrected chi connectivity index (χ1v) is 7.90. The summed E-state index contributed by atoms with van der Waals surface area (Å²) in [6, 6.07) is 4.84. The highest BCUT2D eigenvalue weighted by atomic mass is 35.5. The first-order chi connectivity index (χ1) is 10.2. The molecule has 120 valence electrons. The summed E-state index contributed by atoms with van der Waals surface area (Å²) in [7, 11) is 0. The molecule has 1 fully saturated rings. The highest BCUT2D eigenvalue weighted by molar-refractivity contribution is 6.42. The number of hydrogen-bond acceptors (Lipinski definition) is 3. The Bertz CT molecular complexity index is 596. The van der Waals surface area contributed by atoms with Crippen molar-refractivity contribution in [3.63, 3.8) is 0 Å². The number of carbonyl (C=O) groups excluding carboxylic acids is 2. The number of nitrogens with zero attached hydrogens (tertiary/aromatic N) is 1. The summed E-state index contributed by atoms with van der Waals surface area (Å²) in [4.78, 5) is 26.1. The Hall–Kier alpha value is -1.26. The average Bonchev–Trinajstić information content (AvgIpc) is 2.89. The molecule has 22 heavy (non-hydrogen) atoms. The van der Waals surface area contributed by atoms with Crippen molar-refractivity contribution in [1.29, 1.82) is 0 Å². The predicted octanol–water partition coefficient (Wildman–Crippen LogP) is 4.43. The van der Waals surface area contributed by atoms with Crippen LogP contribution in [0, 0.1) is 5.92 Å². The Morgan fingerprint density at radius 3 is 2.50 bits per heavy atom. The summed E-state index contributed by atoms with van der Waals surface area (Å²) in [5.74, 6) is -0.255. The monoisotopic (exact) mass is 343 g/mol. The van der Waals surface area contributed by atoms with Crippen LogP contribution >= 0.6 is 23.2 Å². The number of ether oxygens (including phenoxy) is 1. The zero-order valence-electron chi connectivity index (χ0n) is 12.9. The fourth-order valence-electron chi connectivity index (χ4n) is 2.35. The molecule has 0 saturated carbocycles. The van der Waals surface area contributed by atoms with Gasteiger partial charge in [0.15, 0.2) is 5.78 Å². The van der Waals surface area contributed by atoms with Gasteiger partial charge in [0, 0.05) is 24.6 Å². The topological polar surface area (TPSA) is 46.6 Å². The van der Waals surface area contributed by atoms with Gasteiger partial charge in [-0.05, 0) is 45.4 Å². The minimum atomic E-state index is -0.539.